The van der Waals surface area contributed by atoms with Gasteiger partial charge in [-0.2, -0.15) is 13.2 Å². The Labute approximate surface area is 151 Å². The van der Waals surface area contributed by atoms with Crippen molar-refractivity contribution >= 4 is 5.91 Å². The first-order valence-corrected chi connectivity index (χ1v) is 8.24. The van der Waals surface area contributed by atoms with Crippen LogP contribution in [-0.2, 0) is 28.1 Å². The molecule has 0 saturated carbocycles. The van der Waals surface area contributed by atoms with Crippen LogP contribution in [0.3, 0.4) is 0 Å². The Morgan fingerprint density at radius 3 is 2.12 bits per heavy atom. The Balaban J connectivity index is 1.86. The maximum absolute atomic E-state index is 12.5. The second-order valence-electron chi connectivity index (χ2n) is 6.60. The lowest BCUT2D eigenvalue weighted by molar-refractivity contribution is -0.176. The molecule has 0 fully saturated rings. The number of amides is 1. The number of hydrogen-bond acceptors (Lipinski definition) is 2. The Kier molecular flexibility index (Phi) is 6.42. The molecule has 6 heteroatoms. The molecule has 0 heterocycles. The van der Waals surface area contributed by atoms with E-state index in [1.807, 2.05) is 44.2 Å². The van der Waals surface area contributed by atoms with Gasteiger partial charge in [-0.15, -0.1) is 0 Å². The molecule has 0 unspecified atom stereocenters. The average molecular weight is 365 g/mol. The molecular formula is C20H22F3NO2. The highest BCUT2D eigenvalue weighted by Gasteiger charge is 2.29. The number of carbonyl (C=O) groups is 1. The van der Waals surface area contributed by atoms with Crippen molar-refractivity contribution in [1.82, 2.24) is 5.32 Å². The highest BCUT2D eigenvalue weighted by atomic mass is 19.4. The first-order chi connectivity index (χ1) is 12.2. The molecule has 0 aliphatic heterocycles. The van der Waals surface area contributed by atoms with Crippen LogP contribution in [0.5, 0.6) is 0 Å². The molecule has 3 nitrogen and oxygen atoms in total. The molecule has 0 aliphatic rings. The Morgan fingerprint density at radius 1 is 0.962 bits per heavy atom. The monoisotopic (exact) mass is 365 g/mol. The lowest BCUT2D eigenvalue weighted by Crippen LogP contribution is -2.39. The third-order valence-corrected chi connectivity index (χ3v) is 4.07. The molecule has 26 heavy (non-hydrogen) atoms. The zero-order chi connectivity index (χ0) is 19.2. The molecule has 0 aromatic heterocycles. The molecular weight excluding hydrogens is 343 g/mol. The van der Waals surface area contributed by atoms with Gasteiger partial charge in [0.25, 0.3) is 0 Å². The number of halogens is 3. The molecule has 140 valence electrons. The van der Waals surface area contributed by atoms with E-state index in [9.17, 15) is 18.0 Å². The Hall–Kier alpha value is -2.34. The van der Waals surface area contributed by atoms with Gasteiger partial charge in [0, 0.05) is 6.54 Å². The topological polar surface area (TPSA) is 38.3 Å². The summed E-state index contributed by atoms with van der Waals surface area (Å²) in [6.07, 6.45) is -4.32. The van der Waals surface area contributed by atoms with Gasteiger partial charge < -0.3 is 10.1 Å². The minimum atomic E-state index is -4.32. The minimum Gasteiger partial charge on any atom is -0.367 e. The van der Waals surface area contributed by atoms with Gasteiger partial charge in [-0.05, 0) is 30.5 Å². The summed E-state index contributed by atoms with van der Waals surface area (Å²) in [4.78, 5) is 12.5. The standard InChI is InChI=1S/C20H22F3NO2/c1-19(2,17-6-4-3-5-7-17)18(25)24-12-15-8-10-16(11-9-15)13-26-14-20(21,22)23/h3-11H,12-14H2,1-2H3,(H,24,25). The summed E-state index contributed by atoms with van der Waals surface area (Å²) in [6.45, 7) is 2.70. The Morgan fingerprint density at radius 2 is 1.54 bits per heavy atom. The van der Waals surface area contributed by atoms with Crippen LogP contribution in [0.25, 0.3) is 0 Å². The third-order valence-electron chi connectivity index (χ3n) is 4.07. The van der Waals surface area contributed by atoms with Gasteiger partial charge in [0.2, 0.25) is 5.91 Å². The van der Waals surface area contributed by atoms with Crippen molar-refractivity contribution in [3.05, 3.63) is 71.3 Å². The summed E-state index contributed by atoms with van der Waals surface area (Å²) < 4.78 is 40.8. The zero-order valence-electron chi connectivity index (χ0n) is 14.8. The Bertz CT molecular complexity index is 710. The summed E-state index contributed by atoms with van der Waals surface area (Å²) in [7, 11) is 0. The largest absolute Gasteiger partial charge is 0.411 e. The van der Waals surface area contributed by atoms with Gasteiger partial charge in [-0.3, -0.25) is 4.79 Å². The highest BCUT2D eigenvalue weighted by molar-refractivity contribution is 5.87. The van der Waals surface area contributed by atoms with Gasteiger partial charge in [-0.1, -0.05) is 54.6 Å². The van der Waals surface area contributed by atoms with Crippen molar-refractivity contribution in [2.45, 2.75) is 38.6 Å². The van der Waals surface area contributed by atoms with E-state index >= 15 is 0 Å². The molecule has 2 rings (SSSR count). The van der Waals surface area contributed by atoms with Gasteiger partial charge in [0.15, 0.2) is 0 Å². The number of benzene rings is 2. The van der Waals surface area contributed by atoms with Crippen LogP contribution in [0, 0.1) is 0 Å². The first-order valence-electron chi connectivity index (χ1n) is 8.24. The minimum absolute atomic E-state index is 0.0960. The summed E-state index contributed by atoms with van der Waals surface area (Å²) >= 11 is 0. The lowest BCUT2D eigenvalue weighted by atomic mass is 9.84. The van der Waals surface area contributed by atoms with Crippen LogP contribution < -0.4 is 5.32 Å². The number of carbonyl (C=O) groups excluding carboxylic acids is 1. The van der Waals surface area contributed by atoms with E-state index in [-0.39, 0.29) is 12.5 Å². The second-order valence-corrected chi connectivity index (χ2v) is 6.60. The predicted molar refractivity (Wildman–Crippen MR) is 93.5 cm³/mol. The van der Waals surface area contributed by atoms with E-state index in [0.717, 1.165) is 11.1 Å². The fraction of sp³-hybridized carbons (Fsp3) is 0.350. The molecule has 0 bridgehead atoms. The molecule has 0 spiro atoms. The van der Waals surface area contributed by atoms with Crippen LogP contribution in [0.1, 0.15) is 30.5 Å². The van der Waals surface area contributed by atoms with Crippen molar-refractivity contribution in [3.8, 4) is 0 Å². The quantitative estimate of drug-likeness (QED) is 0.792. The smallest absolute Gasteiger partial charge is 0.367 e. The molecule has 1 amide bonds. The maximum atomic E-state index is 12.5. The van der Waals surface area contributed by atoms with Gasteiger partial charge in [-0.25, -0.2) is 0 Å². The molecule has 1 N–H and O–H groups in total. The number of hydrogen-bond donors (Lipinski definition) is 1. The van der Waals surface area contributed by atoms with Crippen LogP contribution >= 0.6 is 0 Å². The molecule has 0 radical (unpaired) electrons. The number of nitrogens with one attached hydrogen (secondary N) is 1. The van der Waals surface area contributed by atoms with E-state index in [2.05, 4.69) is 10.1 Å². The molecule has 2 aromatic rings. The zero-order valence-corrected chi connectivity index (χ0v) is 14.8. The molecule has 0 aliphatic carbocycles. The van der Waals surface area contributed by atoms with Crippen LogP contribution in [-0.4, -0.2) is 18.7 Å². The van der Waals surface area contributed by atoms with E-state index in [0.29, 0.717) is 12.1 Å². The molecule has 0 saturated heterocycles. The fourth-order valence-corrected chi connectivity index (χ4v) is 2.43. The van der Waals surface area contributed by atoms with Crippen LogP contribution in [0.4, 0.5) is 13.2 Å². The highest BCUT2D eigenvalue weighted by Crippen LogP contribution is 2.23. The van der Waals surface area contributed by atoms with Crippen molar-refractivity contribution in [3.63, 3.8) is 0 Å². The number of alkyl halides is 3. The van der Waals surface area contributed by atoms with E-state index in [4.69, 9.17) is 0 Å². The van der Waals surface area contributed by atoms with Gasteiger partial charge in [0.05, 0.1) is 12.0 Å². The normalized spacial score (nSPS) is 12.0. The molecule has 0 atom stereocenters. The van der Waals surface area contributed by atoms with E-state index in [1.54, 1.807) is 24.3 Å². The lowest BCUT2D eigenvalue weighted by Gasteiger charge is -2.24. The van der Waals surface area contributed by atoms with Gasteiger partial charge in [0.1, 0.15) is 6.61 Å². The van der Waals surface area contributed by atoms with Crippen molar-refractivity contribution < 1.29 is 22.7 Å². The SMILES string of the molecule is CC(C)(C(=O)NCc1ccc(COCC(F)(F)F)cc1)c1ccccc1. The van der Waals surface area contributed by atoms with E-state index < -0.39 is 18.2 Å². The van der Waals surface area contributed by atoms with Crippen molar-refractivity contribution in [2.75, 3.05) is 6.61 Å². The predicted octanol–water partition coefficient (Wildman–Crippen LogP) is 4.36. The summed E-state index contributed by atoms with van der Waals surface area (Å²) in [6, 6.07) is 16.4. The summed E-state index contributed by atoms with van der Waals surface area (Å²) in [5.74, 6) is -0.0960. The van der Waals surface area contributed by atoms with Gasteiger partial charge >= 0.3 is 6.18 Å². The van der Waals surface area contributed by atoms with E-state index in [1.165, 1.54) is 0 Å². The summed E-state index contributed by atoms with van der Waals surface area (Å²) in [5, 5.41) is 2.90. The summed E-state index contributed by atoms with van der Waals surface area (Å²) in [5.41, 5.74) is 1.78. The van der Waals surface area contributed by atoms with Crippen LogP contribution in [0.15, 0.2) is 54.6 Å². The first kappa shape index (κ1) is 20.0. The fourth-order valence-electron chi connectivity index (χ4n) is 2.43. The number of rotatable bonds is 7. The maximum Gasteiger partial charge on any atom is 0.411 e. The van der Waals surface area contributed by atoms with Crippen molar-refractivity contribution in [2.24, 2.45) is 0 Å². The van der Waals surface area contributed by atoms with Crippen molar-refractivity contribution in [1.29, 1.82) is 0 Å². The second kappa shape index (κ2) is 8.36. The van der Waals surface area contributed by atoms with Crippen LogP contribution in [0.2, 0.25) is 0 Å². The molecule has 2 aromatic carbocycles. The third kappa shape index (κ3) is 5.88. The number of ether oxygens (including phenoxy) is 1. The average Bonchev–Trinajstić information content (AvgIpc) is 2.60.